The van der Waals surface area contributed by atoms with E-state index in [1.165, 1.54) is 44.8 Å². The molecular weight excluding hydrogens is 296 g/mol. The average molecular weight is 329 g/mol. The average Bonchev–Trinajstić information content (AvgIpc) is 2.19. The van der Waals surface area contributed by atoms with E-state index < -0.39 is 10.1 Å². The molecule has 4 rings (SSSR count). The molecule has 4 fully saturated rings. The molecular formula is C18H32O3S. The summed E-state index contributed by atoms with van der Waals surface area (Å²) >= 11 is 0. The molecule has 3 nitrogen and oxygen atoms in total. The van der Waals surface area contributed by atoms with Crippen molar-refractivity contribution in [3.05, 3.63) is 0 Å². The van der Waals surface area contributed by atoms with Gasteiger partial charge in [0.25, 0.3) is 10.1 Å². The Kier molecular flexibility index (Phi) is 4.17. The third kappa shape index (κ3) is 4.05. The molecule has 0 aromatic rings. The van der Waals surface area contributed by atoms with Crippen LogP contribution in [0.4, 0.5) is 0 Å². The molecule has 0 heterocycles. The molecule has 4 heteroatoms. The molecule has 0 radical (unpaired) electrons. The van der Waals surface area contributed by atoms with E-state index in [1.54, 1.807) is 0 Å². The van der Waals surface area contributed by atoms with Crippen molar-refractivity contribution < 1.29 is 12.6 Å². The second-order valence-electron chi connectivity index (χ2n) is 9.81. The topological polar surface area (TPSA) is 43.4 Å². The third-order valence-corrected chi connectivity index (χ3v) is 6.60. The molecule has 4 bridgehead atoms. The fourth-order valence-electron chi connectivity index (χ4n) is 6.09. The first-order chi connectivity index (χ1) is 10.0. The lowest BCUT2D eigenvalue weighted by molar-refractivity contribution is -0.0753. The van der Waals surface area contributed by atoms with Crippen LogP contribution in [0.2, 0.25) is 0 Å². The normalized spacial score (nSPS) is 39.2. The van der Waals surface area contributed by atoms with Gasteiger partial charge in [-0.25, -0.2) is 0 Å². The molecule has 22 heavy (non-hydrogen) atoms. The van der Waals surface area contributed by atoms with Crippen molar-refractivity contribution in [2.45, 2.75) is 78.2 Å². The van der Waals surface area contributed by atoms with E-state index in [1.807, 2.05) is 0 Å². The molecule has 4 saturated carbocycles. The summed E-state index contributed by atoms with van der Waals surface area (Å²) < 4.78 is 28.9. The van der Waals surface area contributed by atoms with Crippen LogP contribution < -0.4 is 0 Å². The standard InChI is InChI=1S/C18H32O3S/c1-17(2,3)11-16(21-22(4,19)20)12-18-8-13-5-14(9-18)7-15(6-13)10-18/h13-16H,5-12H2,1-4H3. The molecule has 0 spiro atoms. The van der Waals surface area contributed by atoms with Crippen LogP contribution in [0.15, 0.2) is 0 Å². The quantitative estimate of drug-likeness (QED) is 0.704. The molecule has 1 atom stereocenters. The van der Waals surface area contributed by atoms with Crippen LogP contribution in [0.25, 0.3) is 0 Å². The largest absolute Gasteiger partial charge is 0.267 e. The van der Waals surface area contributed by atoms with Crippen LogP contribution in [0.5, 0.6) is 0 Å². The van der Waals surface area contributed by atoms with E-state index in [2.05, 4.69) is 20.8 Å². The van der Waals surface area contributed by atoms with Gasteiger partial charge in [0.15, 0.2) is 0 Å². The molecule has 0 amide bonds. The van der Waals surface area contributed by atoms with E-state index in [0.29, 0.717) is 5.41 Å². The zero-order chi connectivity index (χ0) is 16.2. The number of hydrogen-bond acceptors (Lipinski definition) is 3. The summed E-state index contributed by atoms with van der Waals surface area (Å²) in [5.74, 6) is 2.71. The minimum Gasteiger partial charge on any atom is -0.267 e. The molecule has 1 unspecified atom stereocenters. The van der Waals surface area contributed by atoms with E-state index >= 15 is 0 Å². The summed E-state index contributed by atoms with van der Waals surface area (Å²) in [6.07, 6.45) is 11.0. The van der Waals surface area contributed by atoms with Gasteiger partial charge in [0, 0.05) is 0 Å². The molecule has 0 aliphatic heterocycles. The Morgan fingerprint density at radius 1 is 1.05 bits per heavy atom. The molecule has 128 valence electrons. The zero-order valence-electron chi connectivity index (χ0n) is 14.6. The first-order valence-electron chi connectivity index (χ1n) is 8.90. The second kappa shape index (κ2) is 5.47. The lowest BCUT2D eigenvalue weighted by atomic mass is 9.48. The fourth-order valence-corrected chi connectivity index (χ4v) is 6.72. The minimum absolute atomic E-state index is 0.0949. The van der Waals surface area contributed by atoms with Crippen molar-refractivity contribution in [2.75, 3.05) is 6.26 Å². The summed E-state index contributed by atoms with van der Waals surface area (Å²) in [5.41, 5.74) is 0.465. The highest BCUT2D eigenvalue weighted by atomic mass is 32.2. The van der Waals surface area contributed by atoms with Crippen molar-refractivity contribution in [3.8, 4) is 0 Å². The number of rotatable bonds is 5. The van der Waals surface area contributed by atoms with E-state index in [9.17, 15) is 8.42 Å². The van der Waals surface area contributed by atoms with Crippen molar-refractivity contribution in [3.63, 3.8) is 0 Å². The van der Waals surface area contributed by atoms with Crippen molar-refractivity contribution in [1.82, 2.24) is 0 Å². The summed E-state index contributed by atoms with van der Waals surface area (Å²) in [4.78, 5) is 0. The van der Waals surface area contributed by atoms with Gasteiger partial charge in [-0.15, -0.1) is 0 Å². The van der Waals surface area contributed by atoms with Crippen molar-refractivity contribution in [1.29, 1.82) is 0 Å². The predicted molar refractivity (Wildman–Crippen MR) is 89.0 cm³/mol. The van der Waals surface area contributed by atoms with Crippen LogP contribution in [0.3, 0.4) is 0 Å². The van der Waals surface area contributed by atoms with Gasteiger partial charge in [-0.1, -0.05) is 20.8 Å². The first-order valence-corrected chi connectivity index (χ1v) is 10.7. The third-order valence-electron chi connectivity index (χ3n) is 5.98. The maximum Gasteiger partial charge on any atom is 0.264 e. The van der Waals surface area contributed by atoms with Gasteiger partial charge in [-0.05, 0) is 80.0 Å². The Hall–Kier alpha value is -0.0900. The van der Waals surface area contributed by atoms with E-state index in [4.69, 9.17) is 4.18 Å². The van der Waals surface area contributed by atoms with Gasteiger partial charge in [0.2, 0.25) is 0 Å². The van der Waals surface area contributed by atoms with Crippen LogP contribution in [-0.2, 0) is 14.3 Å². The Morgan fingerprint density at radius 3 is 1.86 bits per heavy atom. The minimum atomic E-state index is -3.38. The highest BCUT2D eigenvalue weighted by Crippen LogP contribution is 2.62. The van der Waals surface area contributed by atoms with Crippen molar-refractivity contribution in [2.24, 2.45) is 28.6 Å². The maximum absolute atomic E-state index is 11.7. The molecule has 0 saturated heterocycles. The lowest BCUT2D eigenvalue weighted by Gasteiger charge is -2.57. The Morgan fingerprint density at radius 2 is 1.50 bits per heavy atom. The predicted octanol–water partition coefficient (Wildman–Crippen LogP) is 4.37. The van der Waals surface area contributed by atoms with Gasteiger partial charge in [0.1, 0.15) is 0 Å². The van der Waals surface area contributed by atoms with Gasteiger partial charge in [-0.2, -0.15) is 8.42 Å². The van der Waals surface area contributed by atoms with E-state index in [0.717, 1.165) is 30.6 Å². The first kappa shape index (κ1) is 16.8. The second-order valence-corrected chi connectivity index (χ2v) is 11.4. The Labute approximate surface area is 136 Å². The molecule has 4 aliphatic carbocycles. The van der Waals surface area contributed by atoms with Crippen LogP contribution in [0, 0.1) is 28.6 Å². The summed E-state index contributed by atoms with van der Waals surface area (Å²) in [7, 11) is -3.38. The zero-order valence-corrected chi connectivity index (χ0v) is 15.4. The Bertz CT molecular complexity index is 480. The van der Waals surface area contributed by atoms with E-state index in [-0.39, 0.29) is 11.5 Å². The maximum atomic E-state index is 11.7. The smallest absolute Gasteiger partial charge is 0.264 e. The molecule has 0 aromatic heterocycles. The highest BCUT2D eigenvalue weighted by molar-refractivity contribution is 7.86. The van der Waals surface area contributed by atoms with Gasteiger partial charge < -0.3 is 0 Å². The van der Waals surface area contributed by atoms with Crippen LogP contribution in [0.1, 0.15) is 72.1 Å². The van der Waals surface area contributed by atoms with Crippen LogP contribution >= 0.6 is 0 Å². The highest BCUT2D eigenvalue weighted by Gasteiger charge is 2.51. The van der Waals surface area contributed by atoms with Gasteiger partial charge in [0.05, 0.1) is 12.4 Å². The summed E-state index contributed by atoms with van der Waals surface area (Å²) in [5, 5.41) is 0. The van der Waals surface area contributed by atoms with Crippen molar-refractivity contribution >= 4 is 10.1 Å². The Balaban J connectivity index is 1.75. The molecule has 0 aromatic carbocycles. The molecule has 4 aliphatic rings. The fraction of sp³-hybridized carbons (Fsp3) is 1.00. The summed E-state index contributed by atoms with van der Waals surface area (Å²) in [6.45, 7) is 6.52. The SMILES string of the molecule is CC(C)(C)CC(CC12CC3CC(CC(C3)C1)C2)OS(C)(=O)=O. The lowest BCUT2D eigenvalue weighted by Crippen LogP contribution is -2.48. The monoisotopic (exact) mass is 328 g/mol. The van der Waals surface area contributed by atoms with Gasteiger partial charge >= 0.3 is 0 Å². The summed E-state index contributed by atoms with van der Waals surface area (Å²) in [6, 6.07) is 0. The number of hydrogen-bond donors (Lipinski definition) is 0. The molecule has 0 N–H and O–H groups in total. The van der Waals surface area contributed by atoms with Gasteiger partial charge in [-0.3, -0.25) is 4.18 Å². The van der Waals surface area contributed by atoms with Crippen LogP contribution in [-0.4, -0.2) is 20.8 Å².